The molecule has 0 saturated carbocycles. The second-order valence-corrected chi connectivity index (χ2v) is 5.29. The van der Waals surface area contributed by atoms with Crippen LogP contribution in [0.2, 0.25) is 0 Å². The molecule has 1 aliphatic rings. The van der Waals surface area contributed by atoms with Crippen LogP contribution in [0.4, 0.5) is 26.3 Å². The fraction of sp³-hybridized carbons (Fsp3) is 0.500. The van der Waals surface area contributed by atoms with Crippen molar-refractivity contribution < 1.29 is 31.1 Å². The van der Waals surface area contributed by atoms with Crippen LogP contribution in [0.25, 0.3) is 0 Å². The number of rotatable bonds is 2. The van der Waals surface area contributed by atoms with Gasteiger partial charge in [0.15, 0.2) is 0 Å². The molecule has 0 aromatic heterocycles. The molecule has 1 aromatic rings. The highest BCUT2D eigenvalue weighted by Gasteiger charge is 2.37. The van der Waals surface area contributed by atoms with Crippen molar-refractivity contribution in [1.82, 2.24) is 10.6 Å². The summed E-state index contributed by atoms with van der Waals surface area (Å²) in [5, 5.41) is 5.52. The Hall–Kier alpha value is -1.77. The average Bonchev–Trinajstić information content (AvgIpc) is 2.46. The van der Waals surface area contributed by atoms with E-state index in [0.717, 1.165) is 0 Å². The van der Waals surface area contributed by atoms with Crippen LogP contribution in [0.3, 0.4) is 0 Å². The van der Waals surface area contributed by atoms with Crippen molar-refractivity contribution in [1.29, 1.82) is 0 Å². The smallest absolute Gasteiger partial charge is 0.349 e. The number of alkyl halides is 6. The van der Waals surface area contributed by atoms with Crippen LogP contribution in [-0.4, -0.2) is 25.0 Å². The quantitative estimate of drug-likeness (QED) is 0.812. The van der Waals surface area contributed by atoms with E-state index in [9.17, 15) is 31.1 Å². The van der Waals surface area contributed by atoms with Gasteiger partial charge in [-0.3, -0.25) is 4.79 Å². The summed E-state index contributed by atoms with van der Waals surface area (Å²) in [6.45, 7) is 1.25. The van der Waals surface area contributed by atoms with Gasteiger partial charge in [0.2, 0.25) is 0 Å². The lowest BCUT2D eigenvalue weighted by molar-refractivity contribution is -0.143. The molecule has 0 aliphatic carbocycles. The number of hydrogen-bond donors (Lipinski definition) is 2. The lowest BCUT2D eigenvalue weighted by Crippen LogP contribution is -2.42. The Bertz CT molecular complexity index is 543. The Morgan fingerprint density at radius 2 is 1.43 bits per heavy atom. The zero-order valence-electron chi connectivity index (χ0n) is 11.8. The summed E-state index contributed by atoms with van der Waals surface area (Å²) in [7, 11) is 0. The van der Waals surface area contributed by atoms with Gasteiger partial charge in [-0.1, -0.05) is 0 Å². The highest BCUT2D eigenvalue weighted by atomic mass is 19.4. The molecule has 2 rings (SSSR count). The maximum absolute atomic E-state index is 12.8. The molecule has 0 radical (unpaired) electrons. The van der Waals surface area contributed by atoms with Gasteiger partial charge in [0.05, 0.1) is 11.1 Å². The van der Waals surface area contributed by atoms with Crippen LogP contribution >= 0.6 is 0 Å². The Balaban J connectivity index is 2.30. The minimum atomic E-state index is -4.97. The maximum Gasteiger partial charge on any atom is 0.416 e. The summed E-state index contributed by atoms with van der Waals surface area (Å²) in [6, 6.07) is 0.603. The summed E-state index contributed by atoms with van der Waals surface area (Å²) >= 11 is 0. The third kappa shape index (κ3) is 4.60. The van der Waals surface area contributed by atoms with Crippen molar-refractivity contribution in [3.8, 4) is 0 Å². The molecule has 0 unspecified atom stereocenters. The molecule has 2 N–H and O–H groups in total. The van der Waals surface area contributed by atoms with E-state index < -0.39 is 35.0 Å². The van der Waals surface area contributed by atoms with E-state index in [4.69, 9.17) is 0 Å². The first-order valence-corrected chi connectivity index (χ1v) is 6.88. The molecular formula is C14H14F6N2O. The van der Waals surface area contributed by atoms with Crippen molar-refractivity contribution in [2.45, 2.75) is 31.2 Å². The Morgan fingerprint density at radius 3 is 1.87 bits per heavy atom. The van der Waals surface area contributed by atoms with Crippen LogP contribution in [0.15, 0.2) is 18.2 Å². The van der Waals surface area contributed by atoms with Gasteiger partial charge in [-0.05, 0) is 44.1 Å². The van der Waals surface area contributed by atoms with Crippen molar-refractivity contribution in [2.75, 3.05) is 13.1 Å². The van der Waals surface area contributed by atoms with Gasteiger partial charge in [0.25, 0.3) is 5.91 Å². The van der Waals surface area contributed by atoms with Crippen LogP contribution in [0.1, 0.15) is 34.3 Å². The van der Waals surface area contributed by atoms with E-state index in [2.05, 4.69) is 10.6 Å². The lowest BCUT2D eigenvalue weighted by atomic mass is 10.0. The molecule has 1 amide bonds. The van der Waals surface area contributed by atoms with Gasteiger partial charge in [-0.2, -0.15) is 26.3 Å². The number of benzene rings is 1. The van der Waals surface area contributed by atoms with E-state index in [1.165, 1.54) is 0 Å². The second-order valence-electron chi connectivity index (χ2n) is 5.29. The monoisotopic (exact) mass is 340 g/mol. The van der Waals surface area contributed by atoms with Crippen molar-refractivity contribution in [3.63, 3.8) is 0 Å². The average molecular weight is 340 g/mol. The fourth-order valence-electron chi connectivity index (χ4n) is 2.32. The molecule has 0 atom stereocenters. The van der Waals surface area contributed by atoms with Gasteiger partial charge in [0, 0.05) is 11.6 Å². The minimum Gasteiger partial charge on any atom is -0.349 e. The van der Waals surface area contributed by atoms with Crippen molar-refractivity contribution >= 4 is 5.91 Å². The fourth-order valence-corrected chi connectivity index (χ4v) is 2.32. The van der Waals surface area contributed by atoms with Gasteiger partial charge in [-0.15, -0.1) is 0 Å². The second kappa shape index (κ2) is 6.38. The first kappa shape index (κ1) is 17.6. The molecule has 23 heavy (non-hydrogen) atoms. The molecule has 3 nitrogen and oxygen atoms in total. The standard InChI is InChI=1S/C14H14F6N2O/c15-13(16,17)9-5-8(6-10(7-9)14(18,19)20)12(23)22-11-1-3-21-4-2-11/h5-7,11,21H,1-4H2,(H,22,23). The first-order valence-electron chi connectivity index (χ1n) is 6.88. The molecule has 128 valence electrons. The lowest BCUT2D eigenvalue weighted by Gasteiger charge is -2.24. The van der Waals surface area contributed by atoms with E-state index in [0.29, 0.717) is 38.1 Å². The Labute approximate surface area is 128 Å². The van der Waals surface area contributed by atoms with E-state index in [1.807, 2.05) is 0 Å². The number of carbonyl (C=O) groups is 1. The van der Waals surface area contributed by atoms with Crippen molar-refractivity contribution in [2.24, 2.45) is 0 Å². The molecule has 9 heteroatoms. The normalized spacial score (nSPS) is 17.1. The molecule has 1 saturated heterocycles. The van der Waals surface area contributed by atoms with E-state index in [1.54, 1.807) is 0 Å². The number of nitrogens with one attached hydrogen (secondary N) is 2. The summed E-state index contributed by atoms with van der Waals surface area (Å²) in [5.74, 6) is -0.937. The van der Waals surface area contributed by atoms with Gasteiger partial charge in [-0.25, -0.2) is 0 Å². The minimum absolute atomic E-state index is 0.00130. The zero-order chi connectivity index (χ0) is 17.3. The third-order valence-electron chi connectivity index (χ3n) is 3.52. The highest BCUT2D eigenvalue weighted by Crippen LogP contribution is 2.36. The predicted molar refractivity (Wildman–Crippen MR) is 69.8 cm³/mol. The first-order chi connectivity index (χ1) is 10.6. The number of amides is 1. The Morgan fingerprint density at radius 1 is 0.957 bits per heavy atom. The van der Waals surface area contributed by atoms with Gasteiger partial charge >= 0.3 is 12.4 Å². The van der Waals surface area contributed by atoms with Crippen molar-refractivity contribution in [3.05, 3.63) is 34.9 Å². The molecule has 1 aliphatic heterocycles. The summed E-state index contributed by atoms with van der Waals surface area (Å²) in [4.78, 5) is 12.0. The largest absolute Gasteiger partial charge is 0.416 e. The van der Waals surface area contributed by atoms with Crippen LogP contribution in [-0.2, 0) is 12.4 Å². The number of carbonyl (C=O) groups excluding carboxylic acids is 1. The maximum atomic E-state index is 12.8. The summed E-state index contributed by atoms with van der Waals surface area (Å²) < 4.78 is 76.5. The predicted octanol–water partition coefficient (Wildman–Crippen LogP) is 3.21. The van der Waals surface area contributed by atoms with Gasteiger partial charge in [0.1, 0.15) is 0 Å². The third-order valence-corrected chi connectivity index (χ3v) is 3.52. The zero-order valence-corrected chi connectivity index (χ0v) is 11.8. The van der Waals surface area contributed by atoms with Crippen LogP contribution in [0.5, 0.6) is 0 Å². The number of halogens is 6. The number of hydrogen-bond acceptors (Lipinski definition) is 2. The highest BCUT2D eigenvalue weighted by molar-refractivity contribution is 5.94. The van der Waals surface area contributed by atoms with E-state index >= 15 is 0 Å². The molecule has 1 aromatic carbocycles. The SMILES string of the molecule is O=C(NC1CCNCC1)c1cc(C(F)(F)F)cc(C(F)(F)F)c1. The summed E-state index contributed by atoms with van der Waals surface area (Å²) in [5.41, 5.74) is -3.64. The summed E-state index contributed by atoms with van der Waals surface area (Å²) in [6.07, 6.45) is -8.80. The Kier molecular flexibility index (Phi) is 4.88. The van der Waals surface area contributed by atoms with Gasteiger partial charge < -0.3 is 10.6 Å². The molecule has 1 heterocycles. The topological polar surface area (TPSA) is 41.1 Å². The number of piperidine rings is 1. The van der Waals surface area contributed by atoms with Crippen LogP contribution < -0.4 is 10.6 Å². The molecule has 0 spiro atoms. The molecule has 1 fully saturated rings. The molecular weight excluding hydrogens is 326 g/mol. The van der Waals surface area contributed by atoms with E-state index in [-0.39, 0.29) is 12.1 Å². The molecule has 0 bridgehead atoms. The van der Waals surface area contributed by atoms with Crippen LogP contribution in [0, 0.1) is 0 Å².